The van der Waals surface area contributed by atoms with Crippen molar-refractivity contribution in [3.05, 3.63) is 29.3 Å². The van der Waals surface area contributed by atoms with Gasteiger partial charge in [0.25, 0.3) is 0 Å². The fourth-order valence-corrected chi connectivity index (χ4v) is 3.82. The fourth-order valence-electron chi connectivity index (χ4n) is 2.92. The number of guanidine groups is 1. The summed E-state index contributed by atoms with van der Waals surface area (Å²) < 4.78 is 23.6. The van der Waals surface area contributed by atoms with Gasteiger partial charge in [0.05, 0.1) is 19.8 Å². The van der Waals surface area contributed by atoms with E-state index < -0.39 is 10.8 Å². The fraction of sp³-hybridized carbons (Fsp3) is 0.682. The van der Waals surface area contributed by atoms with Crippen molar-refractivity contribution in [2.45, 2.75) is 52.3 Å². The van der Waals surface area contributed by atoms with Crippen LogP contribution in [-0.4, -0.2) is 53.6 Å². The Morgan fingerprint density at radius 3 is 2.73 bits per heavy atom. The lowest BCUT2D eigenvalue weighted by Gasteiger charge is -2.18. The van der Waals surface area contributed by atoms with Crippen molar-refractivity contribution in [2.24, 2.45) is 10.9 Å². The Morgan fingerprint density at radius 2 is 2.10 bits per heavy atom. The lowest BCUT2D eigenvalue weighted by Crippen LogP contribution is -2.40. The molecule has 0 spiro atoms. The quantitative estimate of drug-likeness (QED) is 0.279. The molecule has 0 amide bonds. The molecule has 2 atom stereocenters. The Kier molecular flexibility index (Phi) is 12.2. The molecule has 1 aliphatic rings. The third kappa shape index (κ3) is 9.51. The molecule has 2 N–H and O–H groups in total. The normalized spacial score (nSPS) is 17.9. The largest absolute Gasteiger partial charge is 0.493 e. The summed E-state index contributed by atoms with van der Waals surface area (Å²) in [5.74, 6) is 2.69. The van der Waals surface area contributed by atoms with E-state index in [-0.39, 0.29) is 28.7 Å². The smallest absolute Gasteiger partial charge is 0.191 e. The van der Waals surface area contributed by atoms with E-state index in [4.69, 9.17) is 14.5 Å². The number of nitrogens with one attached hydrogen (secondary N) is 2. The maximum absolute atomic E-state index is 12.2. The highest BCUT2D eigenvalue weighted by Gasteiger charge is 2.19. The lowest BCUT2D eigenvalue weighted by atomic mass is 10.1. The minimum Gasteiger partial charge on any atom is -0.493 e. The average molecular weight is 552 g/mol. The van der Waals surface area contributed by atoms with Gasteiger partial charge in [0.2, 0.25) is 0 Å². The monoisotopic (exact) mass is 551 g/mol. The Hall–Kier alpha value is -0.870. The van der Waals surface area contributed by atoms with Crippen LogP contribution in [0.5, 0.6) is 5.75 Å². The van der Waals surface area contributed by atoms with Gasteiger partial charge in [0.15, 0.2) is 5.96 Å². The summed E-state index contributed by atoms with van der Waals surface area (Å²) in [4.78, 5) is 4.70. The molecule has 0 saturated carbocycles. The first kappa shape index (κ1) is 27.2. The van der Waals surface area contributed by atoms with Crippen molar-refractivity contribution >= 4 is 40.7 Å². The molecule has 1 fully saturated rings. The highest BCUT2D eigenvalue weighted by atomic mass is 127. The highest BCUT2D eigenvalue weighted by molar-refractivity contribution is 14.0. The molecule has 1 aromatic rings. The molecular formula is C22H38IN3O3S. The van der Waals surface area contributed by atoms with Gasteiger partial charge in [-0.25, -0.2) is 4.99 Å². The average Bonchev–Trinajstić information content (AvgIpc) is 3.18. The second-order valence-corrected chi connectivity index (χ2v) is 10.8. The molecule has 1 saturated heterocycles. The second-order valence-electron chi connectivity index (χ2n) is 8.44. The third-order valence-corrected chi connectivity index (χ3v) is 6.68. The second kappa shape index (κ2) is 13.5. The minimum absolute atomic E-state index is 0. The number of ether oxygens (including phenoxy) is 2. The van der Waals surface area contributed by atoms with E-state index >= 15 is 0 Å². The van der Waals surface area contributed by atoms with Crippen molar-refractivity contribution in [3.8, 4) is 5.75 Å². The zero-order valence-corrected chi connectivity index (χ0v) is 22.1. The Balaban J connectivity index is 0.00000450. The number of halogens is 1. The summed E-state index contributed by atoms with van der Waals surface area (Å²) in [6.07, 6.45) is 1.06. The first-order valence-corrected chi connectivity index (χ1v) is 11.8. The first-order valence-electron chi connectivity index (χ1n) is 10.5. The van der Waals surface area contributed by atoms with Crippen LogP contribution in [0, 0.1) is 12.8 Å². The molecule has 0 radical (unpaired) electrons. The Morgan fingerprint density at radius 1 is 1.33 bits per heavy atom. The SMILES string of the molecule is CCNC(=NCc1ccc(C)cc1OCC1CCOC1)NCCS(=O)C(C)(C)C.I. The molecular weight excluding hydrogens is 513 g/mol. The molecule has 1 aromatic carbocycles. The van der Waals surface area contributed by atoms with Crippen LogP contribution in [0.15, 0.2) is 23.2 Å². The van der Waals surface area contributed by atoms with Gasteiger partial charge in [0, 0.05) is 52.5 Å². The van der Waals surface area contributed by atoms with Crippen LogP contribution in [0.4, 0.5) is 0 Å². The Bertz CT molecular complexity index is 701. The van der Waals surface area contributed by atoms with Crippen LogP contribution in [0.1, 0.15) is 45.2 Å². The molecule has 8 heteroatoms. The number of rotatable bonds is 9. The summed E-state index contributed by atoms with van der Waals surface area (Å²) in [6.45, 7) is 14.3. The van der Waals surface area contributed by atoms with Crippen LogP contribution in [-0.2, 0) is 22.1 Å². The van der Waals surface area contributed by atoms with E-state index in [1.165, 1.54) is 5.56 Å². The van der Waals surface area contributed by atoms with E-state index in [9.17, 15) is 4.21 Å². The van der Waals surface area contributed by atoms with Gasteiger partial charge in [-0.1, -0.05) is 12.1 Å². The van der Waals surface area contributed by atoms with Crippen molar-refractivity contribution < 1.29 is 13.7 Å². The maximum atomic E-state index is 12.2. The van der Waals surface area contributed by atoms with Crippen molar-refractivity contribution in [3.63, 3.8) is 0 Å². The van der Waals surface area contributed by atoms with Crippen LogP contribution >= 0.6 is 24.0 Å². The highest BCUT2D eigenvalue weighted by Crippen LogP contribution is 2.23. The number of nitrogens with zero attached hydrogens (tertiary/aromatic N) is 1. The molecule has 30 heavy (non-hydrogen) atoms. The zero-order valence-electron chi connectivity index (χ0n) is 19.0. The molecule has 1 heterocycles. The predicted octanol–water partition coefficient (Wildman–Crippen LogP) is 3.63. The summed E-state index contributed by atoms with van der Waals surface area (Å²) in [5.41, 5.74) is 2.23. The summed E-state index contributed by atoms with van der Waals surface area (Å²) in [6, 6.07) is 6.24. The first-order chi connectivity index (χ1) is 13.8. The van der Waals surface area contributed by atoms with E-state index in [0.29, 0.717) is 31.4 Å². The van der Waals surface area contributed by atoms with Crippen molar-refractivity contribution in [2.75, 3.05) is 38.7 Å². The Labute approximate surface area is 201 Å². The summed E-state index contributed by atoms with van der Waals surface area (Å²) >= 11 is 0. The van der Waals surface area contributed by atoms with E-state index in [1.807, 2.05) is 27.7 Å². The minimum atomic E-state index is -0.884. The van der Waals surface area contributed by atoms with Gasteiger partial charge >= 0.3 is 0 Å². The van der Waals surface area contributed by atoms with Gasteiger partial charge in [-0.3, -0.25) is 4.21 Å². The molecule has 2 rings (SSSR count). The number of benzene rings is 1. The standard InChI is InChI=1S/C22H37N3O3S.HI/c1-6-23-21(24-10-12-29(26)22(3,4)5)25-14-19-8-7-17(2)13-20(19)28-16-18-9-11-27-15-18;/h7-8,13,18H,6,9-12,14-16H2,1-5H3,(H2,23,24,25);1H. The van der Waals surface area contributed by atoms with Gasteiger partial charge in [-0.2, -0.15) is 0 Å². The summed E-state index contributed by atoms with van der Waals surface area (Å²) in [7, 11) is -0.884. The number of hydrogen-bond donors (Lipinski definition) is 2. The molecule has 0 bridgehead atoms. The topological polar surface area (TPSA) is 72.0 Å². The summed E-state index contributed by atoms with van der Waals surface area (Å²) in [5, 5.41) is 6.55. The van der Waals surface area contributed by atoms with E-state index in [2.05, 4.69) is 35.8 Å². The van der Waals surface area contributed by atoms with Gasteiger partial charge in [-0.15, -0.1) is 24.0 Å². The molecule has 0 aromatic heterocycles. The van der Waals surface area contributed by atoms with Gasteiger partial charge < -0.3 is 20.1 Å². The van der Waals surface area contributed by atoms with Crippen LogP contribution in [0.2, 0.25) is 0 Å². The number of aliphatic imine (C=N–C) groups is 1. The van der Waals surface area contributed by atoms with Gasteiger partial charge in [0.1, 0.15) is 5.75 Å². The number of aryl methyl sites for hydroxylation is 1. The molecule has 6 nitrogen and oxygen atoms in total. The number of hydrogen-bond acceptors (Lipinski definition) is 4. The van der Waals surface area contributed by atoms with Gasteiger partial charge in [-0.05, 0) is 52.7 Å². The molecule has 0 aliphatic carbocycles. The van der Waals surface area contributed by atoms with Crippen molar-refractivity contribution in [1.82, 2.24) is 10.6 Å². The zero-order chi connectivity index (χ0) is 21.3. The van der Waals surface area contributed by atoms with Crippen LogP contribution in [0.3, 0.4) is 0 Å². The van der Waals surface area contributed by atoms with Crippen LogP contribution in [0.25, 0.3) is 0 Å². The van der Waals surface area contributed by atoms with Crippen molar-refractivity contribution in [1.29, 1.82) is 0 Å². The van der Waals surface area contributed by atoms with Crippen LogP contribution < -0.4 is 15.4 Å². The van der Waals surface area contributed by atoms with E-state index in [1.54, 1.807) is 0 Å². The van der Waals surface area contributed by atoms with E-state index in [0.717, 1.165) is 43.5 Å². The third-order valence-electron chi connectivity index (χ3n) is 4.74. The lowest BCUT2D eigenvalue weighted by molar-refractivity contribution is 0.166. The maximum Gasteiger partial charge on any atom is 0.191 e. The molecule has 172 valence electrons. The molecule has 1 aliphatic heterocycles. The predicted molar refractivity (Wildman–Crippen MR) is 137 cm³/mol. The molecule has 2 unspecified atom stereocenters.